The highest BCUT2D eigenvalue weighted by molar-refractivity contribution is 5.32. The summed E-state index contributed by atoms with van der Waals surface area (Å²) in [7, 11) is 3.09. The van der Waals surface area contributed by atoms with E-state index in [1.807, 2.05) is 0 Å². The first-order valence-corrected chi connectivity index (χ1v) is 7.44. The van der Waals surface area contributed by atoms with Crippen molar-refractivity contribution in [1.29, 1.82) is 0 Å². The molecule has 7 nitrogen and oxygen atoms in total. The molecule has 1 fully saturated rings. The molecule has 0 bridgehead atoms. The fraction of sp³-hybridized carbons (Fsp3) is 0.786. The molecule has 0 unspecified atom stereocenters. The van der Waals surface area contributed by atoms with Crippen LogP contribution in [0.25, 0.3) is 0 Å². The van der Waals surface area contributed by atoms with Gasteiger partial charge in [0.1, 0.15) is 0 Å². The number of anilines is 1. The molecule has 1 aromatic heterocycles. The van der Waals surface area contributed by atoms with Gasteiger partial charge in [-0.15, -0.1) is 4.98 Å². The molecule has 1 aromatic rings. The summed E-state index contributed by atoms with van der Waals surface area (Å²) >= 11 is 0. The van der Waals surface area contributed by atoms with Gasteiger partial charge >= 0.3 is 12.0 Å². The highest BCUT2D eigenvalue weighted by Crippen LogP contribution is 2.22. The zero-order valence-corrected chi connectivity index (χ0v) is 13.3. The molecular weight excluding hydrogens is 270 g/mol. The Balaban J connectivity index is 1.95. The van der Waals surface area contributed by atoms with Crippen LogP contribution in [-0.2, 0) is 0 Å². The number of rotatable bonds is 6. The maximum atomic E-state index is 5.10. The van der Waals surface area contributed by atoms with Crippen molar-refractivity contribution < 1.29 is 9.47 Å². The zero-order chi connectivity index (χ0) is 15.2. The molecule has 0 spiro atoms. The van der Waals surface area contributed by atoms with Gasteiger partial charge < -0.3 is 19.7 Å². The largest absolute Gasteiger partial charge is 0.467 e. The molecule has 1 aliphatic rings. The molecule has 0 amide bonds. The second-order valence-corrected chi connectivity index (χ2v) is 5.60. The van der Waals surface area contributed by atoms with Gasteiger partial charge in [0.25, 0.3) is 0 Å². The number of ether oxygens (including phenoxy) is 2. The maximum Gasteiger partial charge on any atom is 0.324 e. The van der Waals surface area contributed by atoms with Crippen LogP contribution in [-0.4, -0.2) is 54.8 Å². The fourth-order valence-electron chi connectivity index (χ4n) is 2.39. The predicted molar refractivity (Wildman–Crippen MR) is 81.0 cm³/mol. The van der Waals surface area contributed by atoms with Crippen molar-refractivity contribution in [3.63, 3.8) is 0 Å². The van der Waals surface area contributed by atoms with Gasteiger partial charge in [0.2, 0.25) is 5.95 Å². The summed E-state index contributed by atoms with van der Waals surface area (Å²) in [6.07, 6.45) is 2.27. The number of aromatic nitrogens is 3. The zero-order valence-electron chi connectivity index (χ0n) is 13.3. The van der Waals surface area contributed by atoms with Gasteiger partial charge in [-0.25, -0.2) is 0 Å². The molecule has 1 saturated heterocycles. The lowest BCUT2D eigenvalue weighted by atomic mass is 9.97. The minimum absolute atomic E-state index is 0.292. The van der Waals surface area contributed by atoms with E-state index >= 15 is 0 Å². The first-order valence-electron chi connectivity index (χ1n) is 7.44. The molecule has 0 saturated carbocycles. The number of piperidine rings is 1. The highest BCUT2D eigenvalue weighted by Gasteiger charge is 2.22. The summed E-state index contributed by atoms with van der Waals surface area (Å²) in [6, 6.07) is 1.13. The number of hydrogen-bond acceptors (Lipinski definition) is 7. The van der Waals surface area contributed by atoms with Crippen molar-refractivity contribution in [3.8, 4) is 12.0 Å². The second kappa shape index (κ2) is 7.40. The van der Waals surface area contributed by atoms with Gasteiger partial charge in [-0.3, -0.25) is 0 Å². The van der Waals surface area contributed by atoms with Crippen molar-refractivity contribution in [3.05, 3.63) is 0 Å². The van der Waals surface area contributed by atoms with Crippen LogP contribution >= 0.6 is 0 Å². The van der Waals surface area contributed by atoms with E-state index in [9.17, 15) is 0 Å². The van der Waals surface area contributed by atoms with E-state index in [1.165, 1.54) is 0 Å². The molecule has 118 valence electrons. The molecule has 21 heavy (non-hydrogen) atoms. The quantitative estimate of drug-likeness (QED) is 0.842. The molecule has 0 aliphatic carbocycles. The summed E-state index contributed by atoms with van der Waals surface area (Å²) in [6.45, 7) is 7.33. The average Bonchev–Trinajstić information content (AvgIpc) is 2.52. The minimum Gasteiger partial charge on any atom is -0.467 e. The standard InChI is InChI=1S/C14H25N5O2/c1-10(2)15-9-11-5-7-19(8-6-11)12-16-13(20-3)18-14(17-12)21-4/h10-11,15H,5-9H2,1-4H3. The molecule has 2 heterocycles. The second-order valence-electron chi connectivity index (χ2n) is 5.60. The third-order valence-corrected chi connectivity index (χ3v) is 3.66. The Labute approximate surface area is 126 Å². The summed E-state index contributed by atoms with van der Waals surface area (Å²) in [5.41, 5.74) is 0. The van der Waals surface area contributed by atoms with E-state index in [-0.39, 0.29) is 0 Å². The number of nitrogens with zero attached hydrogens (tertiary/aromatic N) is 4. The van der Waals surface area contributed by atoms with E-state index in [0.717, 1.165) is 32.5 Å². The third-order valence-electron chi connectivity index (χ3n) is 3.66. The number of hydrogen-bond donors (Lipinski definition) is 1. The molecular formula is C14H25N5O2. The first-order chi connectivity index (χ1) is 10.1. The van der Waals surface area contributed by atoms with E-state index < -0.39 is 0 Å². The highest BCUT2D eigenvalue weighted by atomic mass is 16.5. The summed E-state index contributed by atoms with van der Waals surface area (Å²) in [5, 5.41) is 3.51. The summed E-state index contributed by atoms with van der Waals surface area (Å²) in [4.78, 5) is 14.8. The Hall–Kier alpha value is -1.63. The Morgan fingerprint density at radius 1 is 1.10 bits per heavy atom. The molecule has 1 N–H and O–H groups in total. The maximum absolute atomic E-state index is 5.10. The Bertz CT molecular complexity index is 425. The van der Waals surface area contributed by atoms with E-state index in [4.69, 9.17) is 9.47 Å². The summed E-state index contributed by atoms with van der Waals surface area (Å²) in [5.74, 6) is 1.35. The summed E-state index contributed by atoms with van der Waals surface area (Å²) < 4.78 is 10.2. The molecule has 7 heteroatoms. The van der Waals surface area contributed by atoms with Gasteiger partial charge in [-0.05, 0) is 25.3 Å². The van der Waals surface area contributed by atoms with Crippen molar-refractivity contribution in [2.75, 3.05) is 38.8 Å². The van der Waals surface area contributed by atoms with Gasteiger partial charge in [-0.1, -0.05) is 13.8 Å². The molecule has 0 aromatic carbocycles. The van der Waals surface area contributed by atoms with E-state index in [1.54, 1.807) is 14.2 Å². The minimum atomic E-state index is 0.292. The smallest absolute Gasteiger partial charge is 0.324 e. The number of nitrogens with one attached hydrogen (secondary N) is 1. The normalized spacial score (nSPS) is 16.3. The lowest BCUT2D eigenvalue weighted by Crippen LogP contribution is -2.39. The van der Waals surface area contributed by atoms with Crippen LogP contribution in [0.4, 0.5) is 5.95 Å². The van der Waals surface area contributed by atoms with Crippen LogP contribution in [0, 0.1) is 5.92 Å². The van der Waals surface area contributed by atoms with Gasteiger partial charge in [-0.2, -0.15) is 9.97 Å². The molecule has 0 radical (unpaired) electrons. The molecule has 2 rings (SSSR count). The first kappa shape index (κ1) is 15.8. The van der Waals surface area contributed by atoms with Gasteiger partial charge in [0, 0.05) is 19.1 Å². The topological polar surface area (TPSA) is 72.4 Å². The lowest BCUT2D eigenvalue weighted by molar-refractivity contribution is 0.335. The van der Waals surface area contributed by atoms with Crippen molar-refractivity contribution in [1.82, 2.24) is 20.3 Å². The van der Waals surface area contributed by atoms with Crippen molar-refractivity contribution >= 4 is 5.95 Å². The van der Waals surface area contributed by atoms with Crippen LogP contribution in [0.2, 0.25) is 0 Å². The number of methoxy groups -OCH3 is 2. The Kier molecular flexibility index (Phi) is 5.55. The fourth-order valence-corrected chi connectivity index (χ4v) is 2.39. The van der Waals surface area contributed by atoms with Crippen LogP contribution < -0.4 is 19.7 Å². The Morgan fingerprint density at radius 2 is 1.67 bits per heavy atom. The monoisotopic (exact) mass is 295 g/mol. The van der Waals surface area contributed by atoms with Crippen LogP contribution in [0.5, 0.6) is 12.0 Å². The predicted octanol–water partition coefficient (Wildman–Crippen LogP) is 1.10. The van der Waals surface area contributed by atoms with Crippen molar-refractivity contribution in [2.45, 2.75) is 32.7 Å². The average molecular weight is 295 g/mol. The van der Waals surface area contributed by atoms with E-state index in [0.29, 0.717) is 29.9 Å². The van der Waals surface area contributed by atoms with Gasteiger partial charge in [0.05, 0.1) is 14.2 Å². The van der Waals surface area contributed by atoms with Crippen LogP contribution in [0.15, 0.2) is 0 Å². The third kappa shape index (κ3) is 4.42. The van der Waals surface area contributed by atoms with Crippen LogP contribution in [0.3, 0.4) is 0 Å². The molecule has 1 aliphatic heterocycles. The van der Waals surface area contributed by atoms with Gasteiger partial charge in [0.15, 0.2) is 0 Å². The Morgan fingerprint density at radius 3 is 2.14 bits per heavy atom. The lowest BCUT2D eigenvalue weighted by Gasteiger charge is -2.32. The van der Waals surface area contributed by atoms with Crippen LogP contribution in [0.1, 0.15) is 26.7 Å². The SMILES string of the molecule is COc1nc(OC)nc(N2CCC(CNC(C)C)CC2)n1. The van der Waals surface area contributed by atoms with E-state index in [2.05, 4.69) is 39.0 Å². The van der Waals surface area contributed by atoms with Crippen molar-refractivity contribution in [2.24, 2.45) is 5.92 Å². The molecule has 0 atom stereocenters.